The van der Waals surface area contributed by atoms with Crippen molar-refractivity contribution in [3.05, 3.63) is 29.3 Å². The van der Waals surface area contributed by atoms with Crippen LogP contribution in [0.4, 0.5) is 22.0 Å². The van der Waals surface area contributed by atoms with E-state index in [4.69, 9.17) is 4.74 Å². The van der Waals surface area contributed by atoms with Gasteiger partial charge in [0.25, 0.3) is 0 Å². The van der Waals surface area contributed by atoms with Gasteiger partial charge in [-0.05, 0) is 104 Å². The molecule has 1 N–H and O–H groups in total. The smallest absolute Gasteiger partial charge is 0.454 e. The Bertz CT molecular complexity index is 1080. The van der Waals surface area contributed by atoms with Crippen LogP contribution in [0.15, 0.2) is 18.2 Å². The number of rotatable bonds is 14. The van der Waals surface area contributed by atoms with Gasteiger partial charge in [-0.3, -0.25) is 4.79 Å². The first-order valence-corrected chi connectivity index (χ1v) is 17.4. The Kier molecular flexibility index (Phi) is 11.4. The van der Waals surface area contributed by atoms with Gasteiger partial charge in [0.15, 0.2) is 0 Å². The number of unbranched alkanes of at least 4 members (excludes halogenated alkanes) is 6. The molecule has 4 rings (SSSR count). The fourth-order valence-corrected chi connectivity index (χ4v) is 9.92. The monoisotopic (exact) mass is 632 g/mol. The van der Waals surface area contributed by atoms with E-state index in [0.717, 1.165) is 88.8 Å². The molecule has 0 bridgehead atoms. The standard InChI is InChI=1S/C34H49F5O3S/c1-4-30(33(35,36)34(37,38)39)43-19-11-9-7-5-6-8-10-12-23-20-24-21-25(41)13-14-26(24)27-17-18-32(3)28(31(23)27)15-16-29(32)42-22(2)40/h13-14,21,23,27-31,41H,4-12,15-20H2,1-3H3/t23-,27?,28?,29+,30?,31?,32+/m1/s1. The Labute approximate surface area is 258 Å². The van der Waals surface area contributed by atoms with Crippen molar-refractivity contribution in [1.82, 2.24) is 0 Å². The molecule has 7 atom stereocenters. The molecular weight excluding hydrogens is 583 g/mol. The highest BCUT2D eigenvalue weighted by atomic mass is 32.2. The Balaban J connectivity index is 1.24. The molecular formula is C34H49F5O3S. The Morgan fingerprint density at radius 2 is 1.72 bits per heavy atom. The van der Waals surface area contributed by atoms with Gasteiger partial charge in [0.1, 0.15) is 11.9 Å². The van der Waals surface area contributed by atoms with Crippen molar-refractivity contribution >= 4 is 17.7 Å². The summed E-state index contributed by atoms with van der Waals surface area (Å²) in [7, 11) is 0. The van der Waals surface area contributed by atoms with Gasteiger partial charge in [-0.1, -0.05) is 58.4 Å². The summed E-state index contributed by atoms with van der Waals surface area (Å²) in [5.41, 5.74) is 2.68. The summed E-state index contributed by atoms with van der Waals surface area (Å²) < 4.78 is 71.1. The first-order chi connectivity index (χ1) is 20.3. The Morgan fingerprint density at radius 3 is 2.37 bits per heavy atom. The van der Waals surface area contributed by atoms with E-state index in [1.54, 1.807) is 0 Å². The van der Waals surface area contributed by atoms with Crippen molar-refractivity contribution in [2.24, 2.45) is 23.2 Å². The zero-order chi connectivity index (χ0) is 31.4. The fourth-order valence-electron chi connectivity index (χ4n) is 8.68. The molecule has 0 aliphatic heterocycles. The number of fused-ring (bicyclic) bond motifs is 5. The summed E-state index contributed by atoms with van der Waals surface area (Å²) in [5, 5.41) is 8.49. The fraction of sp³-hybridized carbons (Fsp3) is 0.794. The molecule has 0 amide bonds. The number of halogens is 5. The summed E-state index contributed by atoms with van der Waals surface area (Å²) in [4.78, 5) is 11.9. The number of carbonyl (C=O) groups is 1. The van der Waals surface area contributed by atoms with Crippen molar-refractivity contribution in [3.8, 4) is 5.75 Å². The van der Waals surface area contributed by atoms with Crippen LogP contribution in [0.2, 0.25) is 0 Å². The molecule has 3 aliphatic carbocycles. The zero-order valence-corrected chi connectivity index (χ0v) is 26.7. The highest BCUT2D eigenvalue weighted by Gasteiger charge is 2.62. The van der Waals surface area contributed by atoms with Crippen molar-refractivity contribution in [2.75, 3.05) is 5.75 Å². The van der Waals surface area contributed by atoms with Crippen LogP contribution in [0.25, 0.3) is 0 Å². The number of hydrogen-bond acceptors (Lipinski definition) is 4. The summed E-state index contributed by atoms with van der Waals surface area (Å²) in [6.45, 7) is 5.23. The molecule has 3 nitrogen and oxygen atoms in total. The molecule has 244 valence electrons. The third-order valence-electron chi connectivity index (χ3n) is 10.8. The molecule has 0 saturated heterocycles. The SMILES string of the molecule is CCC(SCCCCCCCCC[C@@H]1Cc2cc(O)ccc2C2CC[C@@]3(C)C(CC[C@@H]3OC(C)=O)C21)C(F)(F)C(F)(F)F. The van der Waals surface area contributed by atoms with Crippen LogP contribution >= 0.6 is 11.8 Å². The lowest BCUT2D eigenvalue weighted by atomic mass is 9.52. The van der Waals surface area contributed by atoms with Crippen molar-refractivity contribution in [1.29, 1.82) is 0 Å². The second-order valence-electron chi connectivity index (χ2n) is 13.5. The van der Waals surface area contributed by atoms with Gasteiger partial charge in [-0.25, -0.2) is 0 Å². The van der Waals surface area contributed by atoms with Gasteiger partial charge in [0, 0.05) is 12.3 Å². The highest BCUT2D eigenvalue weighted by molar-refractivity contribution is 7.99. The molecule has 0 spiro atoms. The molecule has 0 radical (unpaired) electrons. The van der Waals surface area contributed by atoms with E-state index in [1.165, 1.54) is 25.0 Å². The van der Waals surface area contributed by atoms with E-state index in [2.05, 4.69) is 13.0 Å². The summed E-state index contributed by atoms with van der Waals surface area (Å²) in [5.74, 6) is -2.13. The second-order valence-corrected chi connectivity index (χ2v) is 14.8. The van der Waals surface area contributed by atoms with Crippen LogP contribution in [0.5, 0.6) is 5.75 Å². The van der Waals surface area contributed by atoms with E-state index in [-0.39, 0.29) is 23.9 Å². The van der Waals surface area contributed by atoms with Crippen LogP contribution in [-0.4, -0.2) is 40.3 Å². The number of alkyl halides is 5. The average Bonchev–Trinajstić information content (AvgIpc) is 3.25. The number of ether oxygens (including phenoxy) is 1. The molecule has 4 unspecified atom stereocenters. The molecule has 0 heterocycles. The number of carbonyl (C=O) groups excluding carboxylic acids is 1. The minimum Gasteiger partial charge on any atom is -0.508 e. The molecule has 2 saturated carbocycles. The quantitative estimate of drug-likeness (QED) is 0.126. The lowest BCUT2D eigenvalue weighted by molar-refractivity contribution is -0.281. The van der Waals surface area contributed by atoms with Crippen molar-refractivity contribution in [2.45, 2.75) is 140 Å². The van der Waals surface area contributed by atoms with E-state index in [1.807, 2.05) is 12.1 Å². The molecule has 1 aromatic rings. The molecule has 0 aromatic heterocycles. The normalized spacial score (nSPS) is 29.4. The number of aromatic hydroxyl groups is 1. The van der Waals surface area contributed by atoms with Crippen LogP contribution in [0.1, 0.15) is 121 Å². The molecule has 3 aliphatic rings. The Hall–Kier alpha value is -1.51. The van der Waals surface area contributed by atoms with Gasteiger partial charge >= 0.3 is 18.1 Å². The average molecular weight is 633 g/mol. The summed E-state index contributed by atoms with van der Waals surface area (Å²) in [6, 6.07) is 5.90. The van der Waals surface area contributed by atoms with Crippen molar-refractivity contribution in [3.63, 3.8) is 0 Å². The lowest BCUT2D eigenvalue weighted by Crippen LogP contribution is -2.48. The third kappa shape index (κ3) is 7.66. The summed E-state index contributed by atoms with van der Waals surface area (Å²) in [6.07, 6.45) is 7.36. The maximum absolute atomic E-state index is 13.6. The lowest BCUT2D eigenvalue weighted by Gasteiger charge is -2.53. The van der Waals surface area contributed by atoms with E-state index >= 15 is 0 Å². The van der Waals surface area contributed by atoms with Gasteiger partial charge in [-0.2, -0.15) is 33.7 Å². The van der Waals surface area contributed by atoms with Gasteiger partial charge in [0.2, 0.25) is 0 Å². The maximum Gasteiger partial charge on any atom is 0.454 e. The van der Waals surface area contributed by atoms with E-state index in [0.29, 0.717) is 41.6 Å². The van der Waals surface area contributed by atoms with Crippen LogP contribution in [0, 0.1) is 23.2 Å². The first-order valence-electron chi connectivity index (χ1n) is 16.3. The summed E-state index contributed by atoms with van der Waals surface area (Å²) >= 11 is 0.747. The largest absolute Gasteiger partial charge is 0.508 e. The minimum absolute atomic E-state index is 0.00907. The Morgan fingerprint density at radius 1 is 1.05 bits per heavy atom. The number of phenols is 1. The number of thioether (sulfide) groups is 1. The van der Waals surface area contributed by atoms with Gasteiger partial charge in [-0.15, -0.1) is 0 Å². The predicted octanol–water partition coefficient (Wildman–Crippen LogP) is 10.2. The molecule has 43 heavy (non-hydrogen) atoms. The zero-order valence-electron chi connectivity index (χ0n) is 25.9. The van der Waals surface area contributed by atoms with Gasteiger partial charge in [0.05, 0.1) is 5.25 Å². The topological polar surface area (TPSA) is 46.5 Å². The van der Waals surface area contributed by atoms with E-state index < -0.39 is 17.3 Å². The van der Waals surface area contributed by atoms with Crippen LogP contribution in [-0.2, 0) is 16.0 Å². The molecule has 2 fully saturated rings. The maximum atomic E-state index is 13.6. The molecule has 9 heteroatoms. The number of hydrogen-bond donors (Lipinski definition) is 1. The van der Waals surface area contributed by atoms with Gasteiger partial charge < -0.3 is 9.84 Å². The first kappa shape index (κ1) is 34.4. The van der Waals surface area contributed by atoms with Crippen LogP contribution in [0.3, 0.4) is 0 Å². The number of esters is 1. The second kappa shape index (κ2) is 14.3. The number of phenolic OH excluding ortho intramolecular Hbond substituents is 1. The van der Waals surface area contributed by atoms with E-state index in [9.17, 15) is 31.9 Å². The minimum atomic E-state index is -5.50. The highest BCUT2D eigenvalue weighted by Crippen LogP contribution is 2.63. The third-order valence-corrected chi connectivity index (χ3v) is 12.4. The number of benzene rings is 1. The predicted molar refractivity (Wildman–Crippen MR) is 162 cm³/mol. The molecule has 1 aromatic carbocycles. The van der Waals surface area contributed by atoms with Crippen molar-refractivity contribution < 1.29 is 36.6 Å². The van der Waals surface area contributed by atoms with Crippen LogP contribution < -0.4 is 0 Å².